The highest BCUT2D eigenvalue weighted by atomic mass is 19.1. The zero-order valence-electron chi connectivity index (χ0n) is 20.7. The van der Waals surface area contributed by atoms with Gasteiger partial charge in [0, 0.05) is 42.6 Å². The number of hydrogen-bond donors (Lipinski definition) is 1. The Bertz CT molecular complexity index is 1480. The van der Waals surface area contributed by atoms with E-state index in [0.29, 0.717) is 34.8 Å². The van der Waals surface area contributed by atoms with E-state index >= 15 is 4.39 Å². The van der Waals surface area contributed by atoms with Crippen LogP contribution in [0.15, 0.2) is 48.7 Å². The van der Waals surface area contributed by atoms with Crippen molar-refractivity contribution in [2.24, 2.45) is 0 Å². The maximum atomic E-state index is 15.8. The van der Waals surface area contributed by atoms with Crippen molar-refractivity contribution in [3.8, 4) is 17.1 Å². The van der Waals surface area contributed by atoms with Crippen LogP contribution in [-0.4, -0.2) is 39.7 Å². The molecule has 5 heterocycles. The van der Waals surface area contributed by atoms with Gasteiger partial charge < -0.3 is 15.5 Å². The Balaban J connectivity index is 1.44. The Labute approximate surface area is 214 Å². The standard InChI is InChI=1S/C29H30F2N6/c30-22-16-18(6-10-24(22)32)28-34-27-26(36-19-4-3-5-20(36)8-7-19)12-13-33-29(27)37(28)25-11-9-21(17-23(25)31)35-14-1-2-15-35/h6,9-13,16-17,19-20H,1-5,7-8,14-15,32H2. The van der Waals surface area contributed by atoms with Gasteiger partial charge in [-0.25, -0.2) is 18.7 Å². The van der Waals surface area contributed by atoms with Gasteiger partial charge in [-0.1, -0.05) is 0 Å². The summed E-state index contributed by atoms with van der Waals surface area (Å²) in [5.74, 6) is -0.430. The summed E-state index contributed by atoms with van der Waals surface area (Å²) in [7, 11) is 0. The molecule has 2 N–H and O–H groups in total. The Hall–Kier alpha value is -3.68. The number of halogens is 2. The van der Waals surface area contributed by atoms with Crippen molar-refractivity contribution in [2.75, 3.05) is 28.6 Å². The van der Waals surface area contributed by atoms with Crippen LogP contribution in [0.2, 0.25) is 0 Å². The summed E-state index contributed by atoms with van der Waals surface area (Å²) in [5.41, 5.74) is 9.91. The molecule has 0 amide bonds. The number of rotatable bonds is 4. The van der Waals surface area contributed by atoms with Gasteiger partial charge in [-0.2, -0.15) is 0 Å². The summed E-state index contributed by atoms with van der Waals surface area (Å²) >= 11 is 0. The van der Waals surface area contributed by atoms with E-state index in [1.165, 1.54) is 44.2 Å². The summed E-state index contributed by atoms with van der Waals surface area (Å²) in [6, 6.07) is 13.0. The van der Waals surface area contributed by atoms with Crippen LogP contribution in [0, 0.1) is 11.6 Å². The lowest BCUT2D eigenvalue weighted by molar-refractivity contribution is 0.469. The molecule has 37 heavy (non-hydrogen) atoms. The van der Waals surface area contributed by atoms with Crippen molar-refractivity contribution in [2.45, 2.75) is 57.0 Å². The Morgan fingerprint density at radius 2 is 1.59 bits per heavy atom. The van der Waals surface area contributed by atoms with Gasteiger partial charge in [0.1, 0.15) is 23.0 Å². The second-order valence-corrected chi connectivity index (χ2v) is 10.6. The third-order valence-corrected chi connectivity index (χ3v) is 8.40. The van der Waals surface area contributed by atoms with Gasteiger partial charge >= 0.3 is 0 Å². The first-order chi connectivity index (χ1) is 18.1. The SMILES string of the molecule is Nc1ccc(-c2nc3c(N4C5CCCC4CC5)ccnc3n2-c2ccc(N3CCCC3)cc2F)cc1F. The van der Waals surface area contributed by atoms with E-state index in [9.17, 15) is 4.39 Å². The molecule has 0 radical (unpaired) electrons. The molecule has 7 rings (SSSR count). The minimum absolute atomic E-state index is 0.0660. The summed E-state index contributed by atoms with van der Waals surface area (Å²) < 4.78 is 32.1. The highest BCUT2D eigenvalue weighted by Crippen LogP contribution is 2.43. The highest BCUT2D eigenvalue weighted by molar-refractivity contribution is 5.91. The average molecular weight is 501 g/mol. The van der Waals surface area contributed by atoms with Crippen LogP contribution in [-0.2, 0) is 0 Å². The van der Waals surface area contributed by atoms with Crippen LogP contribution in [0.1, 0.15) is 44.9 Å². The number of hydrogen-bond acceptors (Lipinski definition) is 5. The van der Waals surface area contributed by atoms with Gasteiger partial charge in [-0.3, -0.25) is 4.57 Å². The maximum absolute atomic E-state index is 15.8. The fourth-order valence-electron chi connectivity index (χ4n) is 6.62. The molecule has 3 aliphatic heterocycles. The largest absolute Gasteiger partial charge is 0.396 e. The zero-order valence-corrected chi connectivity index (χ0v) is 20.7. The van der Waals surface area contributed by atoms with E-state index in [2.05, 4.69) is 14.8 Å². The Kier molecular flexibility index (Phi) is 5.30. The summed E-state index contributed by atoms with van der Waals surface area (Å²) in [6.45, 7) is 1.87. The van der Waals surface area contributed by atoms with Crippen molar-refractivity contribution in [1.82, 2.24) is 14.5 Å². The van der Waals surface area contributed by atoms with Crippen molar-refractivity contribution < 1.29 is 8.78 Å². The summed E-state index contributed by atoms with van der Waals surface area (Å²) in [4.78, 5) is 14.4. The smallest absolute Gasteiger partial charge is 0.167 e. The molecular weight excluding hydrogens is 470 g/mol. The molecule has 3 aliphatic rings. The molecule has 2 unspecified atom stereocenters. The van der Waals surface area contributed by atoms with E-state index in [1.54, 1.807) is 29.0 Å². The topological polar surface area (TPSA) is 63.2 Å². The first kappa shape index (κ1) is 22.5. The number of pyridine rings is 1. The molecule has 2 aromatic heterocycles. The number of piperidine rings is 1. The first-order valence-corrected chi connectivity index (χ1v) is 13.3. The van der Waals surface area contributed by atoms with Gasteiger partial charge in [0.15, 0.2) is 5.65 Å². The number of nitrogens with zero attached hydrogens (tertiary/aromatic N) is 5. The van der Waals surface area contributed by atoms with Crippen LogP contribution in [0.3, 0.4) is 0 Å². The summed E-state index contributed by atoms with van der Waals surface area (Å²) in [6.07, 6.45) is 9.97. The number of imidazole rings is 1. The third kappa shape index (κ3) is 3.64. The minimum atomic E-state index is -0.525. The van der Waals surface area contributed by atoms with Crippen LogP contribution in [0.5, 0.6) is 0 Å². The lowest BCUT2D eigenvalue weighted by Crippen LogP contribution is -2.39. The predicted octanol–water partition coefficient (Wildman–Crippen LogP) is 6.07. The lowest BCUT2D eigenvalue weighted by Gasteiger charge is -2.36. The van der Waals surface area contributed by atoms with E-state index < -0.39 is 5.82 Å². The second-order valence-electron chi connectivity index (χ2n) is 10.6. The fraction of sp³-hybridized carbons (Fsp3) is 0.379. The Morgan fingerprint density at radius 3 is 2.32 bits per heavy atom. The molecule has 190 valence electrons. The van der Waals surface area contributed by atoms with Gasteiger partial charge in [0.25, 0.3) is 0 Å². The molecule has 0 spiro atoms. The molecule has 2 bridgehead atoms. The lowest BCUT2D eigenvalue weighted by atomic mass is 10.0. The second kappa shape index (κ2) is 8.71. The predicted molar refractivity (Wildman–Crippen MR) is 143 cm³/mol. The molecule has 0 saturated carbocycles. The molecule has 2 aromatic carbocycles. The number of fused-ring (bicyclic) bond motifs is 3. The van der Waals surface area contributed by atoms with Crippen molar-refractivity contribution in [1.29, 1.82) is 0 Å². The summed E-state index contributed by atoms with van der Waals surface area (Å²) in [5, 5.41) is 0. The van der Waals surface area contributed by atoms with E-state index in [4.69, 9.17) is 10.7 Å². The molecule has 3 saturated heterocycles. The van der Waals surface area contributed by atoms with Crippen molar-refractivity contribution in [3.05, 3.63) is 60.3 Å². The monoisotopic (exact) mass is 500 g/mol. The van der Waals surface area contributed by atoms with Gasteiger partial charge in [0.05, 0.1) is 17.1 Å². The molecule has 6 nitrogen and oxygen atoms in total. The third-order valence-electron chi connectivity index (χ3n) is 8.40. The quantitative estimate of drug-likeness (QED) is 0.345. The van der Waals surface area contributed by atoms with Gasteiger partial charge in [0.2, 0.25) is 0 Å². The van der Waals surface area contributed by atoms with E-state index in [1.807, 2.05) is 12.1 Å². The number of nitrogen functional groups attached to an aromatic ring is 1. The van der Waals surface area contributed by atoms with Gasteiger partial charge in [-0.05, 0) is 87.4 Å². The highest BCUT2D eigenvalue weighted by Gasteiger charge is 2.38. The molecular formula is C29H30F2N6. The number of benzene rings is 2. The van der Waals surface area contributed by atoms with Crippen LogP contribution < -0.4 is 15.5 Å². The number of aromatic nitrogens is 3. The van der Waals surface area contributed by atoms with Crippen LogP contribution >= 0.6 is 0 Å². The fourth-order valence-corrected chi connectivity index (χ4v) is 6.62. The number of anilines is 3. The van der Waals surface area contributed by atoms with Crippen molar-refractivity contribution >= 4 is 28.2 Å². The molecule has 4 aromatic rings. The normalized spacial score (nSPS) is 21.4. The zero-order chi connectivity index (χ0) is 25.1. The number of nitrogens with two attached hydrogens (primary N) is 1. The Morgan fingerprint density at radius 1 is 0.811 bits per heavy atom. The first-order valence-electron chi connectivity index (χ1n) is 13.3. The molecule has 0 aliphatic carbocycles. The molecule has 8 heteroatoms. The molecule has 2 atom stereocenters. The molecule has 3 fully saturated rings. The minimum Gasteiger partial charge on any atom is -0.396 e. The van der Waals surface area contributed by atoms with E-state index in [-0.39, 0.29) is 11.5 Å². The van der Waals surface area contributed by atoms with E-state index in [0.717, 1.165) is 42.8 Å². The van der Waals surface area contributed by atoms with Crippen LogP contribution in [0.4, 0.5) is 25.8 Å². The van der Waals surface area contributed by atoms with Gasteiger partial charge in [-0.15, -0.1) is 0 Å². The van der Waals surface area contributed by atoms with Crippen LogP contribution in [0.25, 0.3) is 28.2 Å². The average Bonchev–Trinajstić information content (AvgIpc) is 3.62. The maximum Gasteiger partial charge on any atom is 0.167 e. The van der Waals surface area contributed by atoms with Crippen molar-refractivity contribution in [3.63, 3.8) is 0 Å².